The van der Waals surface area contributed by atoms with Gasteiger partial charge < -0.3 is 10.0 Å². The highest BCUT2D eigenvalue weighted by molar-refractivity contribution is 9.10. The number of carboxylic acid groups (broad SMARTS) is 1. The Labute approximate surface area is 141 Å². The van der Waals surface area contributed by atoms with E-state index in [9.17, 15) is 13.2 Å². The number of hydrogen-bond acceptors (Lipinski definition) is 4. The molecule has 1 aliphatic heterocycles. The molecule has 0 radical (unpaired) electrons. The summed E-state index contributed by atoms with van der Waals surface area (Å²) in [5.74, 6) is 0. The van der Waals surface area contributed by atoms with Crippen molar-refractivity contribution in [1.82, 2.24) is 14.6 Å². The van der Waals surface area contributed by atoms with Gasteiger partial charge in [0.2, 0.25) is 10.0 Å². The van der Waals surface area contributed by atoms with E-state index in [1.807, 2.05) is 0 Å². The first kappa shape index (κ1) is 17.5. The molecule has 2 rings (SSSR count). The number of likely N-dealkylation sites (tertiary alicyclic amines) is 1. The van der Waals surface area contributed by atoms with Crippen LogP contribution in [0.4, 0.5) is 4.79 Å². The number of pyridine rings is 1. The van der Waals surface area contributed by atoms with Gasteiger partial charge in [-0.2, -0.15) is 0 Å². The summed E-state index contributed by atoms with van der Waals surface area (Å²) in [7, 11) is -3.86. The Bertz CT molecular complexity index is 670. The standard InChI is InChI=1S/C12H15BrClN3O4S/c13-8-5-10(11(14)15-6-8)22(20,21)16-7-9-3-1-2-4-17(9)12(18)19/h5-6,9,16H,1-4,7H2,(H,18,19). The predicted molar refractivity (Wildman–Crippen MR) is 84.5 cm³/mol. The number of aromatic nitrogens is 1. The van der Waals surface area contributed by atoms with Gasteiger partial charge in [-0.1, -0.05) is 11.6 Å². The van der Waals surface area contributed by atoms with Crippen LogP contribution in [0.2, 0.25) is 5.15 Å². The van der Waals surface area contributed by atoms with Crippen molar-refractivity contribution in [2.45, 2.75) is 30.2 Å². The van der Waals surface area contributed by atoms with E-state index >= 15 is 0 Å². The van der Waals surface area contributed by atoms with E-state index in [2.05, 4.69) is 25.6 Å². The van der Waals surface area contributed by atoms with Crippen molar-refractivity contribution in [1.29, 1.82) is 0 Å². The quantitative estimate of drug-likeness (QED) is 0.739. The van der Waals surface area contributed by atoms with Gasteiger partial charge in [0.05, 0.1) is 0 Å². The van der Waals surface area contributed by atoms with Crippen molar-refractivity contribution in [3.05, 3.63) is 21.9 Å². The van der Waals surface area contributed by atoms with Crippen LogP contribution in [-0.2, 0) is 10.0 Å². The first-order valence-electron chi connectivity index (χ1n) is 6.61. The largest absolute Gasteiger partial charge is 0.465 e. The minimum Gasteiger partial charge on any atom is -0.465 e. The van der Waals surface area contributed by atoms with Gasteiger partial charge in [0, 0.05) is 29.8 Å². The number of nitrogens with one attached hydrogen (secondary N) is 1. The second-order valence-electron chi connectivity index (χ2n) is 4.92. The van der Waals surface area contributed by atoms with E-state index in [1.165, 1.54) is 17.2 Å². The highest BCUT2D eigenvalue weighted by Crippen LogP contribution is 2.23. The number of halogens is 2. The molecular weight excluding hydrogens is 398 g/mol. The van der Waals surface area contributed by atoms with Crippen LogP contribution < -0.4 is 4.72 Å². The van der Waals surface area contributed by atoms with Crippen LogP contribution in [0.25, 0.3) is 0 Å². The van der Waals surface area contributed by atoms with Gasteiger partial charge >= 0.3 is 6.09 Å². The number of nitrogens with zero attached hydrogens (tertiary/aromatic N) is 2. The van der Waals surface area contributed by atoms with Gasteiger partial charge in [-0.25, -0.2) is 22.9 Å². The maximum absolute atomic E-state index is 12.3. The summed E-state index contributed by atoms with van der Waals surface area (Å²) in [5.41, 5.74) is 0. The molecule has 1 atom stereocenters. The Morgan fingerprint density at radius 3 is 2.95 bits per heavy atom. The van der Waals surface area contributed by atoms with Crippen LogP contribution >= 0.6 is 27.5 Å². The van der Waals surface area contributed by atoms with Gasteiger partial charge in [0.25, 0.3) is 0 Å². The Kier molecular flexibility index (Phi) is 5.65. The molecule has 10 heteroatoms. The fraction of sp³-hybridized carbons (Fsp3) is 0.500. The zero-order chi connectivity index (χ0) is 16.3. The molecule has 1 amide bonds. The molecule has 1 aliphatic rings. The molecular formula is C12H15BrClN3O4S. The third-order valence-corrected chi connectivity index (χ3v) is 5.73. The van der Waals surface area contributed by atoms with E-state index in [4.69, 9.17) is 16.7 Å². The van der Waals surface area contributed by atoms with Crippen molar-refractivity contribution >= 4 is 43.6 Å². The lowest BCUT2D eigenvalue weighted by atomic mass is 10.0. The number of sulfonamides is 1. The topological polar surface area (TPSA) is 99.6 Å². The zero-order valence-electron chi connectivity index (χ0n) is 11.5. The average Bonchev–Trinajstić information content (AvgIpc) is 2.48. The Hall–Kier alpha value is -0.900. The van der Waals surface area contributed by atoms with Crippen molar-refractivity contribution in [2.75, 3.05) is 13.1 Å². The summed E-state index contributed by atoms with van der Waals surface area (Å²) < 4.78 is 27.5. The first-order chi connectivity index (χ1) is 10.3. The lowest BCUT2D eigenvalue weighted by Crippen LogP contribution is -2.48. The third-order valence-electron chi connectivity index (χ3n) is 3.44. The Morgan fingerprint density at radius 1 is 1.55 bits per heavy atom. The molecule has 1 unspecified atom stereocenters. The summed E-state index contributed by atoms with van der Waals surface area (Å²) in [6.45, 7) is 0.429. The van der Waals surface area contributed by atoms with Crippen molar-refractivity contribution in [2.24, 2.45) is 0 Å². The van der Waals surface area contributed by atoms with Crippen LogP contribution in [0.15, 0.2) is 21.6 Å². The maximum Gasteiger partial charge on any atom is 0.407 e. The van der Waals surface area contributed by atoms with E-state index < -0.39 is 16.1 Å². The molecule has 7 nitrogen and oxygen atoms in total. The molecule has 1 saturated heterocycles. The van der Waals surface area contributed by atoms with E-state index in [0.717, 1.165) is 12.8 Å². The number of amides is 1. The molecule has 2 N–H and O–H groups in total. The summed E-state index contributed by atoms with van der Waals surface area (Å²) in [5, 5.41) is 9.02. The highest BCUT2D eigenvalue weighted by atomic mass is 79.9. The van der Waals surface area contributed by atoms with Crippen LogP contribution in [0.3, 0.4) is 0 Å². The number of rotatable bonds is 4. The smallest absolute Gasteiger partial charge is 0.407 e. The zero-order valence-corrected chi connectivity index (χ0v) is 14.7. The lowest BCUT2D eigenvalue weighted by Gasteiger charge is -2.33. The van der Waals surface area contributed by atoms with Crippen LogP contribution in [0, 0.1) is 0 Å². The molecule has 0 aromatic carbocycles. The highest BCUT2D eigenvalue weighted by Gasteiger charge is 2.28. The molecule has 1 aromatic rings. The van der Waals surface area contributed by atoms with E-state index in [-0.39, 0.29) is 22.6 Å². The molecule has 1 fully saturated rings. The second kappa shape index (κ2) is 7.12. The minimum absolute atomic E-state index is 0.0114. The lowest BCUT2D eigenvalue weighted by molar-refractivity contribution is 0.108. The Morgan fingerprint density at radius 2 is 2.27 bits per heavy atom. The fourth-order valence-corrected chi connectivity index (χ4v) is 4.36. The molecule has 0 saturated carbocycles. The molecule has 0 aliphatic carbocycles. The SMILES string of the molecule is O=C(O)N1CCCCC1CNS(=O)(=O)c1cc(Br)cnc1Cl. The Balaban J connectivity index is 2.12. The molecule has 0 bridgehead atoms. The van der Waals surface area contributed by atoms with Crippen molar-refractivity contribution in [3.63, 3.8) is 0 Å². The molecule has 122 valence electrons. The molecule has 1 aromatic heterocycles. The first-order valence-corrected chi connectivity index (χ1v) is 9.27. The molecule has 22 heavy (non-hydrogen) atoms. The molecule has 2 heterocycles. The minimum atomic E-state index is -3.86. The van der Waals surface area contributed by atoms with Gasteiger partial charge in [-0.3, -0.25) is 0 Å². The van der Waals surface area contributed by atoms with Crippen LogP contribution in [0.1, 0.15) is 19.3 Å². The van der Waals surface area contributed by atoms with Crippen molar-refractivity contribution < 1.29 is 18.3 Å². The van der Waals surface area contributed by atoms with Gasteiger partial charge in [0.15, 0.2) is 0 Å². The summed E-state index contributed by atoms with van der Waals surface area (Å²) >= 11 is 8.97. The van der Waals surface area contributed by atoms with Crippen molar-refractivity contribution in [3.8, 4) is 0 Å². The van der Waals surface area contributed by atoms with Crippen LogP contribution in [0.5, 0.6) is 0 Å². The van der Waals surface area contributed by atoms with Crippen LogP contribution in [-0.4, -0.2) is 48.6 Å². The monoisotopic (exact) mass is 411 g/mol. The van der Waals surface area contributed by atoms with Gasteiger partial charge in [-0.15, -0.1) is 0 Å². The number of carbonyl (C=O) groups is 1. The van der Waals surface area contributed by atoms with Gasteiger partial charge in [-0.05, 0) is 41.3 Å². The third kappa shape index (κ3) is 4.09. The molecule has 0 spiro atoms. The summed E-state index contributed by atoms with van der Waals surface area (Å²) in [6.07, 6.45) is 2.64. The summed E-state index contributed by atoms with van der Waals surface area (Å²) in [6, 6.07) is 0.980. The summed E-state index contributed by atoms with van der Waals surface area (Å²) in [4.78, 5) is 16.1. The number of hydrogen-bond donors (Lipinski definition) is 2. The second-order valence-corrected chi connectivity index (χ2v) is 7.93. The fourth-order valence-electron chi connectivity index (χ4n) is 2.34. The van der Waals surface area contributed by atoms with E-state index in [0.29, 0.717) is 17.4 Å². The number of piperidine rings is 1. The van der Waals surface area contributed by atoms with E-state index in [1.54, 1.807) is 0 Å². The maximum atomic E-state index is 12.3. The average molecular weight is 413 g/mol. The predicted octanol–water partition coefficient (Wildman–Crippen LogP) is 2.31. The normalized spacial score (nSPS) is 19.2. The van der Waals surface area contributed by atoms with Gasteiger partial charge in [0.1, 0.15) is 10.0 Å².